The third-order valence-corrected chi connectivity index (χ3v) is 4.63. The van der Waals surface area contributed by atoms with E-state index in [1.165, 1.54) is 0 Å². The van der Waals surface area contributed by atoms with E-state index in [0.29, 0.717) is 24.1 Å². The van der Waals surface area contributed by atoms with Crippen molar-refractivity contribution < 1.29 is 43.8 Å². The molecule has 0 aliphatic heterocycles. The molecular formula is C22H24INO3. The van der Waals surface area contributed by atoms with Crippen LogP contribution in [-0.4, -0.2) is 26.9 Å². The highest BCUT2D eigenvalue weighted by molar-refractivity contribution is 5.34. The van der Waals surface area contributed by atoms with Gasteiger partial charge in [-0.15, -0.1) is 0 Å². The monoisotopic (exact) mass is 477 g/mol. The van der Waals surface area contributed by atoms with Gasteiger partial charge in [0.25, 0.3) is 0 Å². The van der Waals surface area contributed by atoms with Gasteiger partial charge >= 0.3 is 0 Å². The molecule has 3 aromatic carbocycles. The summed E-state index contributed by atoms with van der Waals surface area (Å²) in [5.41, 5.74) is 2.50. The fourth-order valence-electron chi connectivity index (χ4n) is 3.34. The summed E-state index contributed by atoms with van der Waals surface area (Å²) in [7, 11) is 2.06. The summed E-state index contributed by atoms with van der Waals surface area (Å²) in [5, 5.41) is 30.6. The minimum absolute atomic E-state index is 0. The number of rotatable bonds is 6. The Hall–Kier alpha value is -2.25. The summed E-state index contributed by atoms with van der Waals surface area (Å²) < 4.78 is 0.493. The predicted molar refractivity (Wildman–Crippen MR) is 102 cm³/mol. The van der Waals surface area contributed by atoms with Crippen LogP contribution in [-0.2, 0) is 19.6 Å². The van der Waals surface area contributed by atoms with E-state index in [1.54, 1.807) is 36.4 Å². The highest BCUT2D eigenvalue weighted by Gasteiger charge is 2.27. The van der Waals surface area contributed by atoms with E-state index in [1.807, 2.05) is 36.4 Å². The van der Waals surface area contributed by atoms with Crippen molar-refractivity contribution in [1.29, 1.82) is 0 Å². The second-order valence-corrected chi connectivity index (χ2v) is 6.98. The van der Waals surface area contributed by atoms with Crippen molar-refractivity contribution in [2.24, 2.45) is 0 Å². The molecule has 0 amide bonds. The summed E-state index contributed by atoms with van der Waals surface area (Å²) in [4.78, 5) is 0. The molecule has 0 aromatic heterocycles. The Balaban J connectivity index is 0.00000261. The lowest BCUT2D eigenvalue weighted by Crippen LogP contribution is -3.00. The number of aromatic hydroxyl groups is 3. The third kappa shape index (κ3) is 5.37. The average Bonchev–Trinajstić information content (AvgIpc) is 2.61. The van der Waals surface area contributed by atoms with E-state index in [9.17, 15) is 15.3 Å². The maximum Gasteiger partial charge on any atom is 0.124 e. The van der Waals surface area contributed by atoms with Gasteiger partial charge < -0.3 is 43.8 Å². The molecule has 4 nitrogen and oxygen atoms in total. The molecule has 0 fully saturated rings. The van der Waals surface area contributed by atoms with Crippen molar-refractivity contribution in [3.63, 3.8) is 0 Å². The Bertz CT molecular complexity index is 782. The average molecular weight is 477 g/mol. The first-order chi connectivity index (χ1) is 12.5. The minimum atomic E-state index is 0. The van der Waals surface area contributed by atoms with Gasteiger partial charge in [-0.05, 0) is 36.4 Å². The molecule has 0 aliphatic rings. The van der Waals surface area contributed by atoms with E-state index in [4.69, 9.17) is 0 Å². The van der Waals surface area contributed by atoms with Crippen LogP contribution in [0.2, 0.25) is 0 Å². The Labute approximate surface area is 177 Å². The van der Waals surface area contributed by atoms with Crippen molar-refractivity contribution >= 4 is 0 Å². The number of phenolic OH excluding ortho intramolecular Hbond substituents is 3. The van der Waals surface area contributed by atoms with Gasteiger partial charge in [0, 0.05) is 16.7 Å². The molecule has 0 radical (unpaired) electrons. The second kappa shape index (κ2) is 9.10. The number of phenols is 3. The molecule has 3 N–H and O–H groups in total. The zero-order valence-electron chi connectivity index (χ0n) is 15.2. The molecule has 0 aliphatic carbocycles. The molecule has 5 heteroatoms. The van der Waals surface area contributed by atoms with Crippen molar-refractivity contribution in [2.45, 2.75) is 19.6 Å². The van der Waals surface area contributed by atoms with Crippen LogP contribution < -0.4 is 24.0 Å². The van der Waals surface area contributed by atoms with Crippen LogP contribution >= 0.6 is 0 Å². The Morgan fingerprint density at radius 3 is 1.07 bits per heavy atom. The fourth-order valence-corrected chi connectivity index (χ4v) is 3.34. The number of para-hydroxylation sites is 3. The van der Waals surface area contributed by atoms with E-state index in [-0.39, 0.29) is 41.2 Å². The fraction of sp³-hybridized carbons (Fsp3) is 0.182. The molecule has 0 saturated carbocycles. The van der Waals surface area contributed by atoms with E-state index < -0.39 is 0 Å². The normalized spacial score (nSPS) is 11.0. The second-order valence-electron chi connectivity index (χ2n) is 6.98. The molecule has 0 bridgehead atoms. The first-order valence-electron chi connectivity index (χ1n) is 8.61. The van der Waals surface area contributed by atoms with E-state index in [0.717, 1.165) is 16.7 Å². The lowest BCUT2D eigenvalue weighted by Gasteiger charge is -2.35. The van der Waals surface area contributed by atoms with Crippen molar-refractivity contribution in [3.8, 4) is 17.2 Å². The molecule has 3 rings (SSSR count). The van der Waals surface area contributed by atoms with Gasteiger partial charge in [0.2, 0.25) is 0 Å². The van der Waals surface area contributed by atoms with Gasteiger partial charge in [-0.3, -0.25) is 0 Å². The van der Waals surface area contributed by atoms with Gasteiger partial charge in [-0.1, -0.05) is 36.4 Å². The van der Waals surface area contributed by atoms with Gasteiger partial charge in [0.1, 0.15) is 36.9 Å². The standard InChI is InChI=1S/C22H23NO3.HI/c1-23(14-17-8-2-5-11-20(17)24,15-18-9-3-6-12-21(18)25)16-19-10-4-7-13-22(19)26;/h2-13H,14-16H2,1H3,(H2-,24,25,26);1H. The maximum atomic E-state index is 10.2. The number of hydrogen-bond acceptors (Lipinski definition) is 3. The first-order valence-corrected chi connectivity index (χ1v) is 8.61. The summed E-state index contributed by atoms with van der Waals surface area (Å²) >= 11 is 0. The first kappa shape index (κ1) is 21.1. The van der Waals surface area contributed by atoms with Gasteiger partial charge in [0.05, 0.1) is 7.05 Å². The maximum absolute atomic E-state index is 10.2. The van der Waals surface area contributed by atoms with Crippen LogP contribution in [0, 0.1) is 0 Å². The molecule has 142 valence electrons. The molecule has 0 saturated heterocycles. The third-order valence-electron chi connectivity index (χ3n) is 4.63. The molecule has 0 heterocycles. The van der Waals surface area contributed by atoms with Crippen molar-refractivity contribution in [2.75, 3.05) is 7.05 Å². The number of hydrogen-bond donors (Lipinski definition) is 3. The quantitative estimate of drug-likeness (QED) is 0.369. The lowest BCUT2D eigenvalue weighted by molar-refractivity contribution is -0.948. The minimum Gasteiger partial charge on any atom is -1.00 e. The molecule has 3 aromatic rings. The summed E-state index contributed by atoms with van der Waals surface area (Å²) in [6.45, 7) is 1.69. The lowest BCUT2D eigenvalue weighted by atomic mass is 10.1. The number of quaternary nitrogens is 1. The van der Waals surface area contributed by atoms with E-state index in [2.05, 4.69) is 7.05 Å². The molecule has 0 spiro atoms. The van der Waals surface area contributed by atoms with Crippen LogP contribution in [0.25, 0.3) is 0 Å². The summed E-state index contributed by atoms with van der Waals surface area (Å²) in [5.74, 6) is 0.768. The summed E-state index contributed by atoms with van der Waals surface area (Å²) in [6.07, 6.45) is 0. The Morgan fingerprint density at radius 1 is 0.556 bits per heavy atom. The molecule has 0 unspecified atom stereocenters. The SMILES string of the molecule is C[N+](Cc1ccccc1O)(Cc1ccccc1O)Cc1ccccc1O.[I-]. The predicted octanol–water partition coefficient (Wildman–Crippen LogP) is 1.15. The van der Waals surface area contributed by atoms with Gasteiger partial charge in [-0.25, -0.2) is 0 Å². The van der Waals surface area contributed by atoms with Gasteiger partial charge in [-0.2, -0.15) is 0 Å². The molecular weight excluding hydrogens is 453 g/mol. The van der Waals surface area contributed by atoms with Crippen LogP contribution in [0.15, 0.2) is 72.8 Å². The molecule has 27 heavy (non-hydrogen) atoms. The summed E-state index contributed by atoms with van der Waals surface area (Å²) in [6, 6.07) is 21.9. The number of nitrogens with zero attached hydrogens (tertiary/aromatic N) is 1. The highest BCUT2D eigenvalue weighted by atomic mass is 127. The zero-order valence-corrected chi connectivity index (χ0v) is 17.4. The highest BCUT2D eigenvalue weighted by Crippen LogP contribution is 2.30. The number of halogens is 1. The van der Waals surface area contributed by atoms with E-state index >= 15 is 0 Å². The van der Waals surface area contributed by atoms with Crippen LogP contribution in [0.5, 0.6) is 17.2 Å². The number of benzene rings is 3. The smallest absolute Gasteiger partial charge is 0.124 e. The zero-order chi connectivity index (χ0) is 18.6. The topological polar surface area (TPSA) is 60.7 Å². The molecule has 0 atom stereocenters. The van der Waals surface area contributed by atoms with Crippen molar-refractivity contribution in [3.05, 3.63) is 89.5 Å². The Morgan fingerprint density at radius 2 is 0.815 bits per heavy atom. The van der Waals surface area contributed by atoms with Crippen LogP contribution in [0.4, 0.5) is 0 Å². The van der Waals surface area contributed by atoms with Crippen LogP contribution in [0.1, 0.15) is 16.7 Å². The Kier molecular flexibility index (Phi) is 7.10. The van der Waals surface area contributed by atoms with Crippen LogP contribution in [0.3, 0.4) is 0 Å². The van der Waals surface area contributed by atoms with Gasteiger partial charge in [0.15, 0.2) is 0 Å². The largest absolute Gasteiger partial charge is 1.00 e. The van der Waals surface area contributed by atoms with Crippen molar-refractivity contribution in [1.82, 2.24) is 0 Å².